The monoisotopic (exact) mass is 374 g/mol. The van der Waals surface area contributed by atoms with Gasteiger partial charge >= 0.3 is 0 Å². The standard InChI is InChI=1S/C20H30N4O3/c1-13(20(2,3)4)22-19(27)16-10-15(12-24(16)17(25)11-21)23-18(26)14-8-6-5-7-9-14/h5-9,13,15-16H,10-12,21H2,1-4H3,(H,22,27)(H,23,26)/t13?,15-,16+/m1/s1. The number of likely N-dealkylation sites (tertiary alicyclic amines) is 1. The minimum absolute atomic E-state index is 0.0576. The van der Waals surface area contributed by atoms with Crippen molar-refractivity contribution in [3.63, 3.8) is 0 Å². The lowest BCUT2D eigenvalue weighted by atomic mass is 9.88. The quantitative estimate of drug-likeness (QED) is 0.712. The molecule has 1 unspecified atom stereocenters. The second-order valence-corrected chi connectivity index (χ2v) is 8.13. The Morgan fingerprint density at radius 2 is 1.85 bits per heavy atom. The van der Waals surface area contributed by atoms with Crippen LogP contribution in [0.15, 0.2) is 30.3 Å². The summed E-state index contributed by atoms with van der Waals surface area (Å²) in [6.07, 6.45) is 0.368. The molecular weight excluding hydrogens is 344 g/mol. The highest BCUT2D eigenvalue weighted by Crippen LogP contribution is 2.22. The minimum atomic E-state index is -0.632. The summed E-state index contributed by atoms with van der Waals surface area (Å²) in [6, 6.07) is 7.88. The Bertz CT molecular complexity index is 684. The summed E-state index contributed by atoms with van der Waals surface area (Å²) >= 11 is 0. The highest BCUT2D eigenvalue weighted by atomic mass is 16.2. The van der Waals surface area contributed by atoms with E-state index in [9.17, 15) is 14.4 Å². The summed E-state index contributed by atoms with van der Waals surface area (Å²) < 4.78 is 0. The van der Waals surface area contributed by atoms with Crippen molar-refractivity contribution < 1.29 is 14.4 Å². The van der Waals surface area contributed by atoms with Crippen molar-refractivity contribution in [2.45, 2.75) is 52.2 Å². The van der Waals surface area contributed by atoms with Crippen molar-refractivity contribution in [1.82, 2.24) is 15.5 Å². The number of rotatable bonds is 5. The molecule has 0 spiro atoms. The fourth-order valence-corrected chi connectivity index (χ4v) is 2.97. The smallest absolute Gasteiger partial charge is 0.251 e. The molecule has 1 fully saturated rings. The first kappa shape index (κ1) is 20.9. The Morgan fingerprint density at radius 3 is 2.41 bits per heavy atom. The van der Waals surface area contributed by atoms with Gasteiger partial charge in [0, 0.05) is 24.2 Å². The molecule has 148 valence electrons. The van der Waals surface area contributed by atoms with Gasteiger partial charge in [-0.2, -0.15) is 0 Å². The van der Waals surface area contributed by atoms with E-state index in [0.717, 1.165) is 0 Å². The molecule has 1 heterocycles. The van der Waals surface area contributed by atoms with Crippen molar-refractivity contribution in [2.75, 3.05) is 13.1 Å². The van der Waals surface area contributed by atoms with E-state index in [1.165, 1.54) is 4.90 Å². The molecule has 3 atom stereocenters. The number of amides is 3. The third-order valence-corrected chi connectivity index (χ3v) is 5.13. The lowest BCUT2D eigenvalue weighted by Gasteiger charge is -2.31. The van der Waals surface area contributed by atoms with Crippen LogP contribution < -0.4 is 16.4 Å². The molecule has 1 aliphatic heterocycles. The van der Waals surface area contributed by atoms with E-state index in [1.54, 1.807) is 24.3 Å². The van der Waals surface area contributed by atoms with Gasteiger partial charge in [-0.3, -0.25) is 14.4 Å². The average Bonchev–Trinajstić information content (AvgIpc) is 3.04. The highest BCUT2D eigenvalue weighted by molar-refractivity contribution is 5.95. The van der Waals surface area contributed by atoms with Crippen LogP contribution >= 0.6 is 0 Å². The van der Waals surface area contributed by atoms with E-state index in [0.29, 0.717) is 12.0 Å². The molecule has 1 aromatic carbocycles. The van der Waals surface area contributed by atoms with Gasteiger partial charge in [-0.05, 0) is 30.9 Å². The Balaban J connectivity index is 2.08. The van der Waals surface area contributed by atoms with Gasteiger partial charge in [0.2, 0.25) is 11.8 Å². The Hall–Kier alpha value is -2.41. The molecule has 1 aromatic rings. The van der Waals surface area contributed by atoms with Gasteiger partial charge in [0.05, 0.1) is 6.54 Å². The molecular formula is C20H30N4O3. The molecule has 0 saturated carbocycles. The molecule has 3 amide bonds. The molecule has 0 bridgehead atoms. The Labute approximate surface area is 160 Å². The minimum Gasteiger partial charge on any atom is -0.351 e. The average molecular weight is 374 g/mol. The number of carbonyl (C=O) groups is 3. The van der Waals surface area contributed by atoms with Gasteiger partial charge in [-0.25, -0.2) is 0 Å². The molecule has 1 saturated heterocycles. The fourth-order valence-electron chi connectivity index (χ4n) is 2.97. The molecule has 1 aliphatic rings. The van der Waals surface area contributed by atoms with Crippen molar-refractivity contribution in [3.8, 4) is 0 Å². The molecule has 0 aromatic heterocycles. The summed E-state index contributed by atoms with van der Waals surface area (Å²) in [5.41, 5.74) is 5.96. The van der Waals surface area contributed by atoms with Gasteiger partial charge in [-0.15, -0.1) is 0 Å². The van der Waals surface area contributed by atoms with E-state index in [-0.39, 0.29) is 48.3 Å². The van der Waals surface area contributed by atoms with Crippen LogP contribution in [0.1, 0.15) is 44.5 Å². The maximum absolute atomic E-state index is 12.8. The zero-order chi connectivity index (χ0) is 20.2. The van der Waals surface area contributed by atoms with E-state index in [1.807, 2.05) is 33.8 Å². The third kappa shape index (κ3) is 5.29. The fraction of sp³-hybridized carbons (Fsp3) is 0.550. The zero-order valence-corrected chi connectivity index (χ0v) is 16.5. The van der Waals surface area contributed by atoms with Crippen LogP contribution in [0.4, 0.5) is 0 Å². The second kappa shape index (κ2) is 8.52. The number of nitrogens with two attached hydrogens (primary N) is 1. The zero-order valence-electron chi connectivity index (χ0n) is 16.5. The number of hydrogen-bond acceptors (Lipinski definition) is 4. The lowest BCUT2D eigenvalue weighted by Crippen LogP contribution is -2.52. The molecule has 4 N–H and O–H groups in total. The van der Waals surface area contributed by atoms with Gasteiger partial charge in [0.1, 0.15) is 6.04 Å². The SMILES string of the molecule is CC(NC(=O)[C@@H]1C[C@@H](NC(=O)c2ccccc2)CN1C(=O)CN)C(C)(C)C. The predicted octanol–water partition coefficient (Wildman–Crippen LogP) is 0.895. The van der Waals surface area contributed by atoms with Crippen LogP contribution in [-0.4, -0.2) is 53.8 Å². The number of carbonyl (C=O) groups excluding carboxylic acids is 3. The third-order valence-electron chi connectivity index (χ3n) is 5.13. The number of nitrogens with zero attached hydrogens (tertiary/aromatic N) is 1. The summed E-state index contributed by atoms with van der Waals surface area (Å²) in [5, 5.41) is 5.91. The first-order valence-corrected chi connectivity index (χ1v) is 9.29. The van der Waals surface area contributed by atoms with Crippen LogP contribution in [0, 0.1) is 5.41 Å². The number of benzene rings is 1. The van der Waals surface area contributed by atoms with Crippen molar-refractivity contribution in [3.05, 3.63) is 35.9 Å². The number of nitrogens with one attached hydrogen (secondary N) is 2. The van der Waals surface area contributed by atoms with Gasteiger partial charge < -0.3 is 21.3 Å². The van der Waals surface area contributed by atoms with Crippen LogP contribution in [0.2, 0.25) is 0 Å². The van der Waals surface area contributed by atoms with E-state index in [2.05, 4.69) is 10.6 Å². The Morgan fingerprint density at radius 1 is 1.22 bits per heavy atom. The van der Waals surface area contributed by atoms with E-state index >= 15 is 0 Å². The van der Waals surface area contributed by atoms with Gasteiger partial charge in [-0.1, -0.05) is 39.0 Å². The van der Waals surface area contributed by atoms with Crippen LogP contribution in [0.25, 0.3) is 0 Å². The van der Waals surface area contributed by atoms with E-state index in [4.69, 9.17) is 5.73 Å². The Kier molecular flexibility index (Phi) is 6.59. The highest BCUT2D eigenvalue weighted by Gasteiger charge is 2.40. The van der Waals surface area contributed by atoms with E-state index < -0.39 is 6.04 Å². The molecule has 0 radical (unpaired) electrons. The van der Waals surface area contributed by atoms with Crippen molar-refractivity contribution in [1.29, 1.82) is 0 Å². The largest absolute Gasteiger partial charge is 0.351 e. The second-order valence-electron chi connectivity index (χ2n) is 8.13. The molecule has 27 heavy (non-hydrogen) atoms. The van der Waals surface area contributed by atoms with Crippen molar-refractivity contribution in [2.24, 2.45) is 11.1 Å². The van der Waals surface area contributed by atoms with Gasteiger partial charge in [0.15, 0.2) is 0 Å². The summed E-state index contributed by atoms with van der Waals surface area (Å²) in [6.45, 7) is 8.17. The summed E-state index contributed by atoms with van der Waals surface area (Å²) in [7, 11) is 0. The van der Waals surface area contributed by atoms with Gasteiger partial charge in [0.25, 0.3) is 5.91 Å². The normalized spacial score (nSPS) is 20.9. The first-order chi connectivity index (χ1) is 12.6. The van der Waals surface area contributed by atoms with Crippen LogP contribution in [0.3, 0.4) is 0 Å². The maximum atomic E-state index is 12.8. The maximum Gasteiger partial charge on any atom is 0.251 e. The van der Waals surface area contributed by atoms with Crippen molar-refractivity contribution >= 4 is 17.7 Å². The van der Waals surface area contributed by atoms with Crippen LogP contribution in [-0.2, 0) is 9.59 Å². The first-order valence-electron chi connectivity index (χ1n) is 9.29. The molecule has 7 heteroatoms. The molecule has 7 nitrogen and oxygen atoms in total. The predicted molar refractivity (Wildman–Crippen MR) is 104 cm³/mol. The van der Waals surface area contributed by atoms with Crippen LogP contribution in [0.5, 0.6) is 0 Å². The lowest BCUT2D eigenvalue weighted by molar-refractivity contribution is -0.138. The summed E-state index contributed by atoms with van der Waals surface area (Å²) in [5.74, 6) is -0.726. The number of hydrogen-bond donors (Lipinski definition) is 3. The summed E-state index contributed by atoms with van der Waals surface area (Å²) in [4.78, 5) is 38.9. The molecule has 0 aliphatic carbocycles. The topological polar surface area (TPSA) is 105 Å². The molecule has 2 rings (SSSR count).